The van der Waals surface area contributed by atoms with Crippen LogP contribution in [0.1, 0.15) is 22.8 Å². The van der Waals surface area contributed by atoms with Crippen molar-refractivity contribution in [1.29, 1.82) is 0 Å². The van der Waals surface area contributed by atoms with Gasteiger partial charge in [-0.1, -0.05) is 30.3 Å². The monoisotopic (exact) mass is 344 g/mol. The van der Waals surface area contributed by atoms with Crippen LogP contribution < -0.4 is 10.1 Å². The molecule has 0 radical (unpaired) electrons. The summed E-state index contributed by atoms with van der Waals surface area (Å²) in [4.78, 5) is 28.0. The summed E-state index contributed by atoms with van der Waals surface area (Å²) < 4.78 is 15.3. The van der Waals surface area contributed by atoms with Crippen molar-refractivity contribution in [3.63, 3.8) is 0 Å². The van der Waals surface area contributed by atoms with Crippen molar-refractivity contribution in [2.24, 2.45) is 0 Å². The number of benzene rings is 1. The summed E-state index contributed by atoms with van der Waals surface area (Å²) in [5.74, 6) is -0.562. The number of carbonyl (C=O) groups excluding carboxylic acids is 2. The molecule has 0 aliphatic heterocycles. The molecule has 7 heteroatoms. The highest BCUT2D eigenvalue weighted by atomic mass is 16.5. The average molecular weight is 344 g/mol. The highest BCUT2D eigenvalue weighted by Gasteiger charge is 2.17. The highest BCUT2D eigenvalue weighted by Crippen LogP contribution is 2.17. The van der Waals surface area contributed by atoms with Gasteiger partial charge in [0.05, 0.1) is 26.4 Å². The third-order valence-electron chi connectivity index (χ3n) is 3.40. The summed E-state index contributed by atoms with van der Waals surface area (Å²) in [5.41, 5.74) is 1.19. The van der Waals surface area contributed by atoms with Gasteiger partial charge in [0.25, 0.3) is 5.91 Å². The van der Waals surface area contributed by atoms with E-state index in [2.05, 4.69) is 15.0 Å². The number of anilines is 1. The van der Waals surface area contributed by atoms with Crippen LogP contribution in [0.3, 0.4) is 0 Å². The van der Waals surface area contributed by atoms with E-state index in [1.807, 2.05) is 30.3 Å². The fraction of sp³-hybridized carbons (Fsp3) is 0.278. The summed E-state index contributed by atoms with van der Waals surface area (Å²) in [6.45, 7) is 1.95. The molecular formula is C18H20N2O5. The number of hydrogen-bond donors (Lipinski definition) is 1. The Morgan fingerprint density at radius 3 is 2.52 bits per heavy atom. The Labute approximate surface area is 145 Å². The van der Waals surface area contributed by atoms with Gasteiger partial charge < -0.3 is 19.5 Å². The predicted molar refractivity (Wildman–Crippen MR) is 91.5 cm³/mol. The number of amides is 1. The highest BCUT2D eigenvalue weighted by molar-refractivity contribution is 5.95. The van der Waals surface area contributed by atoms with Crippen LogP contribution in [0.4, 0.5) is 5.82 Å². The van der Waals surface area contributed by atoms with Gasteiger partial charge in [0.15, 0.2) is 0 Å². The molecule has 7 nitrogen and oxygen atoms in total. The summed E-state index contributed by atoms with van der Waals surface area (Å²) in [6, 6.07) is 12.4. The first-order chi connectivity index (χ1) is 12.0. The molecule has 25 heavy (non-hydrogen) atoms. The van der Waals surface area contributed by atoms with Gasteiger partial charge in [-0.25, -0.2) is 4.79 Å². The quantitative estimate of drug-likeness (QED) is 0.776. The van der Waals surface area contributed by atoms with E-state index in [-0.39, 0.29) is 23.2 Å². The maximum Gasteiger partial charge on any atom is 0.338 e. The number of nitrogens with one attached hydrogen (secondary N) is 1. The first kappa shape index (κ1) is 18.4. The molecule has 0 aliphatic rings. The Kier molecular flexibility index (Phi) is 6.47. The Balaban J connectivity index is 2.02. The summed E-state index contributed by atoms with van der Waals surface area (Å²) in [7, 11) is 2.69. The number of rotatable bonds is 7. The Morgan fingerprint density at radius 2 is 1.88 bits per heavy atom. The number of aromatic nitrogens is 1. The van der Waals surface area contributed by atoms with Gasteiger partial charge in [-0.2, -0.15) is 4.98 Å². The fourth-order valence-corrected chi connectivity index (χ4v) is 2.01. The molecule has 0 saturated heterocycles. The molecule has 1 aromatic heterocycles. The second-order valence-electron chi connectivity index (χ2n) is 5.20. The lowest BCUT2D eigenvalue weighted by atomic mass is 10.2. The summed E-state index contributed by atoms with van der Waals surface area (Å²) >= 11 is 0. The van der Waals surface area contributed by atoms with Crippen molar-refractivity contribution in [3.05, 3.63) is 53.6 Å². The maximum atomic E-state index is 12.3. The molecule has 1 aromatic carbocycles. The van der Waals surface area contributed by atoms with Gasteiger partial charge in [0.2, 0.25) is 5.88 Å². The maximum absolute atomic E-state index is 12.3. The van der Waals surface area contributed by atoms with E-state index in [9.17, 15) is 9.59 Å². The van der Waals surface area contributed by atoms with Crippen LogP contribution >= 0.6 is 0 Å². The van der Waals surface area contributed by atoms with Gasteiger partial charge in [-0.15, -0.1) is 0 Å². The molecule has 1 heterocycles. The Bertz CT molecular complexity index is 734. The van der Waals surface area contributed by atoms with Crippen molar-refractivity contribution < 1.29 is 23.8 Å². The largest absolute Gasteiger partial charge is 0.481 e. The molecule has 1 N–H and O–H groups in total. The molecule has 132 valence electrons. The molecule has 2 rings (SSSR count). The molecule has 0 spiro atoms. The topological polar surface area (TPSA) is 86.8 Å². The van der Waals surface area contributed by atoms with Crippen molar-refractivity contribution in [1.82, 2.24) is 4.98 Å². The minimum absolute atomic E-state index is 0.180. The first-order valence-corrected chi connectivity index (χ1v) is 7.64. The van der Waals surface area contributed by atoms with E-state index >= 15 is 0 Å². The Morgan fingerprint density at radius 1 is 1.16 bits per heavy atom. The number of carbonyl (C=O) groups is 2. The zero-order chi connectivity index (χ0) is 18.2. The number of hydrogen-bond acceptors (Lipinski definition) is 6. The molecule has 1 amide bonds. The molecule has 0 fully saturated rings. The van der Waals surface area contributed by atoms with Crippen LogP contribution in [0.15, 0.2) is 42.5 Å². The number of ether oxygens (including phenoxy) is 3. The standard InChI is InChI=1S/C18H20N2O5/c1-12(25-11-13-7-5-4-6-8-13)17(21)20-15-9-14(18(22)24-3)10-16(19-15)23-2/h4-10,12H,11H2,1-3H3,(H,19,20,21)/t12-/m1/s1. The molecular weight excluding hydrogens is 324 g/mol. The molecule has 0 unspecified atom stereocenters. The van der Waals surface area contributed by atoms with Crippen molar-refractivity contribution in [3.8, 4) is 5.88 Å². The molecule has 0 aliphatic carbocycles. The lowest BCUT2D eigenvalue weighted by Gasteiger charge is -2.14. The van der Waals surface area contributed by atoms with E-state index in [0.717, 1.165) is 5.56 Å². The van der Waals surface area contributed by atoms with E-state index in [0.29, 0.717) is 6.61 Å². The van der Waals surface area contributed by atoms with Gasteiger partial charge in [0.1, 0.15) is 11.9 Å². The van der Waals surface area contributed by atoms with E-state index in [4.69, 9.17) is 9.47 Å². The third kappa shape index (κ3) is 5.29. The van der Waals surface area contributed by atoms with Crippen LogP contribution in [0.5, 0.6) is 5.88 Å². The van der Waals surface area contributed by atoms with Gasteiger partial charge in [0, 0.05) is 6.07 Å². The van der Waals surface area contributed by atoms with Crippen LogP contribution in [0.2, 0.25) is 0 Å². The van der Waals surface area contributed by atoms with E-state index in [1.54, 1.807) is 6.92 Å². The van der Waals surface area contributed by atoms with Crippen LogP contribution in [-0.4, -0.2) is 37.2 Å². The minimum Gasteiger partial charge on any atom is -0.481 e. The van der Waals surface area contributed by atoms with Crippen molar-refractivity contribution in [2.75, 3.05) is 19.5 Å². The predicted octanol–water partition coefficient (Wildman–Crippen LogP) is 2.42. The minimum atomic E-state index is -0.699. The summed E-state index contributed by atoms with van der Waals surface area (Å²) in [5, 5.41) is 2.61. The number of methoxy groups -OCH3 is 2. The van der Waals surface area contributed by atoms with Crippen LogP contribution in [0.25, 0.3) is 0 Å². The third-order valence-corrected chi connectivity index (χ3v) is 3.40. The number of pyridine rings is 1. The zero-order valence-corrected chi connectivity index (χ0v) is 14.3. The average Bonchev–Trinajstić information content (AvgIpc) is 2.65. The lowest BCUT2D eigenvalue weighted by molar-refractivity contribution is -0.127. The van der Waals surface area contributed by atoms with Crippen molar-refractivity contribution >= 4 is 17.7 Å². The van der Waals surface area contributed by atoms with E-state index in [1.165, 1.54) is 26.4 Å². The number of esters is 1. The van der Waals surface area contributed by atoms with Gasteiger partial charge in [-0.3, -0.25) is 4.79 Å². The van der Waals surface area contributed by atoms with Gasteiger partial charge >= 0.3 is 5.97 Å². The van der Waals surface area contributed by atoms with E-state index < -0.39 is 12.1 Å². The summed E-state index contributed by atoms with van der Waals surface area (Å²) in [6.07, 6.45) is -0.699. The molecule has 2 aromatic rings. The van der Waals surface area contributed by atoms with Gasteiger partial charge in [-0.05, 0) is 18.6 Å². The second kappa shape index (κ2) is 8.79. The second-order valence-corrected chi connectivity index (χ2v) is 5.20. The van der Waals surface area contributed by atoms with Crippen molar-refractivity contribution in [2.45, 2.75) is 19.6 Å². The Hall–Kier alpha value is -2.93. The van der Waals surface area contributed by atoms with Crippen LogP contribution in [0, 0.1) is 0 Å². The molecule has 1 atom stereocenters. The smallest absolute Gasteiger partial charge is 0.338 e. The SMILES string of the molecule is COC(=O)c1cc(NC(=O)[C@@H](C)OCc2ccccc2)nc(OC)c1. The fourth-order valence-electron chi connectivity index (χ4n) is 2.01. The first-order valence-electron chi connectivity index (χ1n) is 7.64. The molecule has 0 bridgehead atoms. The lowest BCUT2D eigenvalue weighted by Crippen LogP contribution is -2.28. The molecule has 0 saturated carbocycles. The zero-order valence-electron chi connectivity index (χ0n) is 14.3. The normalized spacial score (nSPS) is 11.5. The number of nitrogens with zero attached hydrogens (tertiary/aromatic N) is 1. The van der Waals surface area contributed by atoms with Crippen LogP contribution in [-0.2, 0) is 20.9 Å².